The van der Waals surface area contributed by atoms with Crippen molar-refractivity contribution in [2.75, 3.05) is 6.61 Å². The van der Waals surface area contributed by atoms with Gasteiger partial charge in [-0.1, -0.05) is 0 Å². The second kappa shape index (κ2) is 4.65. The van der Waals surface area contributed by atoms with Gasteiger partial charge in [-0.25, -0.2) is 0 Å². The van der Waals surface area contributed by atoms with Crippen molar-refractivity contribution in [2.45, 2.75) is 25.5 Å². The van der Waals surface area contributed by atoms with Gasteiger partial charge in [0, 0.05) is 24.9 Å². The van der Waals surface area contributed by atoms with Crippen LogP contribution in [0, 0.1) is 5.92 Å². The Morgan fingerprint density at radius 3 is 3.00 bits per heavy atom. The zero-order chi connectivity index (χ0) is 10.7. The summed E-state index contributed by atoms with van der Waals surface area (Å²) in [5.41, 5.74) is 3.69. The second-order valence-corrected chi connectivity index (χ2v) is 3.80. The molecule has 2 heterocycles. The molecule has 0 bridgehead atoms. The fourth-order valence-corrected chi connectivity index (χ4v) is 2.09. The van der Waals surface area contributed by atoms with E-state index in [9.17, 15) is 0 Å². The van der Waals surface area contributed by atoms with Crippen LogP contribution in [0.4, 0.5) is 0 Å². The summed E-state index contributed by atoms with van der Waals surface area (Å²) in [6.07, 6.45) is 6.31. The Balaban J connectivity index is 2.17. The van der Waals surface area contributed by atoms with E-state index < -0.39 is 0 Å². The van der Waals surface area contributed by atoms with Crippen LogP contribution in [0.25, 0.3) is 0 Å². The van der Waals surface area contributed by atoms with Crippen molar-refractivity contribution in [3.8, 4) is 0 Å². The number of aromatic nitrogens is 2. The lowest BCUT2D eigenvalue weighted by atomic mass is 9.92. The minimum atomic E-state index is 0.0243. The molecule has 1 fully saturated rings. The highest BCUT2D eigenvalue weighted by atomic mass is 16.5. The van der Waals surface area contributed by atoms with Crippen molar-refractivity contribution >= 4 is 0 Å². The van der Waals surface area contributed by atoms with Gasteiger partial charge >= 0.3 is 0 Å². The topological polar surface area (TPSA) is 73.1 Å². The number of nitrogens with one attached hydrogen (secondary N) is 1. The predicted molar refractivity (Wildman–Crippen MR) is 55.6 cm³/mol. The van der Waals surface area contributed by atoms with Gasteiger partial charge in [0.05, 0.1) is 24.0 Å². The van der Waals surface area contributed by atoms with Crippen LogP contribution in [0.1, 0.15) is 25.1 Å². The third-order valence-electron chi connectivity index (χ3n) is 2.94. The minimum absolute atomic E-state index is 0.0243. The Hall–Kier alpha value is -1.04. The third-order valence-corrected chi connectivity index (χ3v) is 2.94. The van der Waals surface area contributed by atoms with Crippen LogP contribution in [0.3, 0.4) is 0 Å². The zero-order valence-corrected chi connectivity index (χ0v) is 8.76. The molecule has 0 radical (unpaired) electrons. The highest BCUT2D eigenvalue weighted by Crippen LogP contribution is 2.31. The number of hydrogen-bond donors (Lipinski definition) is 2. The standard InChI is InChI=1S/C10H16N4O/c1-7-8(2-5-15-7)10(14-11)9-6-12-3-4-13-9/h3-4,6-8,10,14H,2,5,11H2,1H3. The first-order valence-electron chi connectivity index (χ1n) is 5.16. The molecule has 0 spiro atoms. The van der Waals surface area contributed by atoms with Crippen LogP contribution in [0.15, 0.2) is 18.6 Å². The molecule has 0 saturated carbocycles. The van der Waals surface area contributed by atoms with Gasteiger partial charge in [0.15, 0.2) is 0 Å². The summed E-state index contributed by atoms with van der Waals surface area (Å²) in [4.78, 5) is 8.32. The van der Waals surface area contributed by atoms with Gasteiger partial charge in [0.1, 0.15) is 0 Å². The molecule has 5 nitrogen and oxygen atoms in total. The molecule has 1 aliphatic heterocycles. The number of ether oxygens (including phenoxy) is 1. The fourth-order valence-electron chi connectivity index (χ4n) is 2.09. The summed E-state index contributed by atoms with van der Waals surface area (Å²) in [6, 6.07) is 0.0243. The van der Waals surface area contributed by atoms with Crippen LogP contribution < -0.4 is 11.3 Å². The molecule has 82 valence electrons. The average molecular weight is 208 g/mol. The number of nitrogens with two attached hydrogens (primary N) is 1. The molecule has 3 atom stereocenters. The first-order chi connectivity index (χ1) is 7.33. The minimum Gasteiger partial charge on any atom is -0.378 e. The SMILES string of the molecule is CC1OCCC1C(NN)c1cnccn1. The second-order valence-electron chi connectivity index (χ2n) is 3.80. The van der Waals surface area contributed by atoms with E-state index in [1.807, 2.05) is 0 Å². The number of hydrazine groups is 1. The van der Waals surface area contributed by atoms with Crippen LogP contribution in [-0.4, -0.2) is 22.7 Å². The third kappa shape index (κ3) is 2.14. The molecule has 0 aliphatic carbocycles. The molecule has 5 heteroatoms. The molecule has 3 unspecified atom stereocenters. The zero-order valence-electron chi connectivity index (χ0n) is 8.76. The normalized spacial score (nSPS) is 27.9. The monoisotopic (exact) mass is 208 g/mol. The van der Waals surface area contributed by atoms with Crippen molar-refractivity contribution < 1.29 is 4.74 Å². The summed E-state index contributed by atoms with van der Waals surface area (Å²) in [6.45, 7) is 2.86. The van der Waals surface area contributed by atoms with E-state index in [1.54, 1.807) is 18.6 Å². The van der Waals surface area contributed by atoms with E-state index in [1.165, 1.54) is 0 Å². The first-order valence-corrected chi connectivity index (χ1v) is 5.16. The maximum Gasteiger partial charge on any atom is 0.0773 e. The van der Waals surface area contributed by atoms with Crippen molar-refractivity contribution in [2.24, 2.45) is 11.8 Å². The molecule has 1 aromatic rings. The lowest BCUT2D eigenvalue weighted by molar-refractivity contribution is 0.0948. The Morgan fingerprint density at radius 1 is 1.60 bits per heavy atom. The maximum absolute atomic E-state index is 5.57. The van der Waals surface area contributed by atoms with Gasteiger partial charge in [-0.05, 0) is 13.3 Å². The highest BCUT2D eigenvalue weighted by molar-refractivity contribution is 5.05. The average Bonchev–Trinajstić information content (AvgIpc) is 2.68. The number of hydrogen-bond acceptors (Lipinski definition) is 5. The van der Waals surface area contributed by atoms with Gasteiger partial charge in [0.25, 0.3) is 0 Å². The van der Waals surface area contributed by atoms with Crippen molar-refractivity contribution in [1.82, 2.24) is 15.4 Å². The molecule has 15 heavy (non-hydrogen) atoms. The van der Waals surface area contributed by atoms with E-state index in [0.29, 0.717) is 5.92 Å². The van der Waals surface area contributed by atoms with Crippen LogP contribution >= 0.6 is 0 Å². The highest BCUT2D eigenvalue weighted by Gasteiger charge is 2.32. The lowest BCUT2D eigenvalue weighted by Gasteiger charge is -2.24. The molecule has 1 aromatic heterocycles. The van der Waals surface area contributed by atoms with Crippen molar-refractivity contribution in [3.63, 3.8) is 0 Å². The Morgan fingerprint density at radius 2 is 2.47 bits per heavy atom. The largest absolute Gasteiger partial charge is 0.378 e. The van der Waals surface area contributed by atoms with E-state index in [4.69, 9.17) is 10.6 Å². The molecule has 1 saturated heterocycles. The fraction of sp³-hybridized carbons (Fsp3) is 0.600. The van der Waals surface area contributed by atoms with Crippen LogP contribution in [0.5, 0.6) is 0 Å². The Bertz CT molecular complexity index is 306. The first kappa shape index (κ1) is 10.5. The molecular formula is C10H16N4O. The molecule has 2 rings (SSSR count). The summed E-state index contributed by atoms with van der Waals surface area (Å²) < 4.78 is 5.53. The summed E-state index contributed by atoms with van der Waals surface area (Å²) in [5.74, 6) is 5.94. The molecule has 1 aliphatic rings. The van der Waals surface area contributed by atoms with Gasteiger partial charge in [-0.15, -0.1) is 0 Å². The van der Waals surface area contributed by atoms with Crippen molar-refractivity contribution in [1.29, 1.82) is 0 Å². The Kier molecular flexibility index (Phi) is 3.25. The predicted octanol–water partition coefficient (Wildman–Crippen LogP) is 0.406. The van der Waals surface area contributed by atoms with Crippen LogP contribution in [-0.2, 0) is 4.74 Å². The quantitative estimate of drug-likeness (QED) is 0.556. The van der Waals surface area contributed by atoms with E-state index in [2.05, 4.69) is 22.3 Å². The Labute approximate surface area is 89.0 Å². The summed E-state index contributed by atoms with van der Waals surface area (Å²) >= 11 is 0. The van der Waals surface area contributed by atoms with Gasteiger partial charge in [-0.3, -0.25) is 21.2 Å². The van der Waals surface area contributed by atoms with E-state index >= 15 is 0 Å². The lowest BCUT2D eigenvalue weighted by Crippen LogP contribution is -2.36. The maximum atomic E-state index is 5.57. The van der Waals surface area contributed by atoms with E-state index in [-0.39, 0.29) is 12.1 Å². The number of rotatable bonds is 3. The van der Waals surface area contributed by atoms with Gasteiger partial charge in [-0.2, -0.15) is 0 Å². The van der Waals surface area contributed by atoms with Gasteiger partial charge in [0.2, 0.25) is 0 Å². The van der Waals surface area contributed by atoms with Gasteiger partial charge < -0.3 is 4.74 Å². The van der Waals surface area contributed by atoms with Crippen LogP contribution in [0.2, 0.25) is 0 Å². The van der Waals surface area contributed by atoms with Crippen molar-refractivity contribution in [3.05, 3.63) is 24.3 Å². The summed E-state index contributed by atoms with van der Waals surface area (Å²) in [7, 11) is 0. The van der Waals surface area contributed by atoms with E-state index in [0.717, 1.165) is 18.7 Å². The molecular weight excluding hydrogens is 192 g/mol. The number of nitrogens with zero attached hydrogens (tertiary/aromatic N) is 2. The molecule has 0 aromatic carbocycles. The smallest absolute Gasteiger partial charge is 0.0773 e. The molecule has 3 N–H and O–H groups in total. The summed E-state index contributed by atoms with van der Waals surface area (Å²) in [5, 5.41) is 0. The molecule has 0 amide bonds.